The fraction of sp³-hybridized carbons (Fsp3) is 0.250. The average Bonchev–Trinajstić information content (AvgIpc) is 2.91. The van der Waals surface area contributed by atoms with Crippen molar-refractivity contribution in [2.45, 2.75) is 33.3 Å². The van der Waals surface area contributed by atoms with E-state index in [0.717, 1.165) is 10.9 Å². The molecule has 1 heterocycles. The Hall–Kier alpha value is -3.15. The smallest absolute Gasteiger partial charge is 0.419 e. The van der Waals surface area contributed by atoms with Crippen molar-refractivity contribution >= 4 is 22.7 Å². The van der Waals surface area contributed by atoms with Crippen LogP contribution >= 0.6 is 0 Å². The third-order valence-corrected chi connectivity index (χ3v) is 3.91. The van der Waals surface area contributed by atoms with Crippen LogP contribution in [0.1, 0.15) is 26.3 Å². The lowest BCUT2D eigenvalue weighted by molar-refractivity contribution is -0.384. The number of hydrogen-bond acceptors (Lipinski definition) is 4. The number of carbonyl (C=O) groups is 1. The van der Waals surface area contributed by atoms with Gasteiger partial charge in [0.15, 0.2) is 0 Å². The third kappa shape index (κ3) is 3.31. The van der Waals surface area contributed by atoms with Crippen LogP contribution in [0.4, 0.5) is 10.5 Å². The quantitative estimate of drug-likeness (QED) is 0.463. The zero-order chi connectivity index (χ0) is 19.1. The highest BCUT2D eigenvalue weighted by Gasteiger charge is 2.26. The average molecular weight is 352 g/mol. The largest absolute Gasteiger partial charge is 0.443 e. The van der Waals surface area contributed by atoms with Crippen molar-refractivity contribution in [3.05, 3.63) is 64.2 Å². The minimum Gasteiger partial charge on any atom is -0.443 e. The van der Waals surface area contributed by atoms with E-state index in [0.29, 0.717) is 16.8 Å². The van der Waals surface area contributed by atoms with Gasteiger partial charge in [-0.05, 0) is 52.0 Å². The van der Waals surface area contributed by atoms with E-state index in [-0.39, 0.29) is 5.69 Å². The van der Waals surface area contributed by atoms with E-state index in [1.165, 1.54) is 10.6 Å². The van der Waals surface area contributed by atoms with Crippen molar-refractivity contribution in [2.75, 3.05) is 0 Å². The molecule has 134 valence electrons. The molecule has 0 saturated carbocycles. The summed E-state index contributed by atoms with van der Waals surface area (Å²) in [5.41, 5.74) is 1.75. The summed E-state index contributed by atoms with van der Waals surface area (Å²) in [6, 6.07) is 13.8. The monoisotopic (exact) mass is 352 g/mol. The molecule has 0 N–H and O–H groups in total. The summed E-state index contributed by atoms with van der Waals surface area (Å²) in [6.07, 6.45) is -0.565. The van der Waals surface area contributed by atoms with Crippen LogP contribution in [0.2, 0.25) is 0 Å². The lowest BCUT2D eigenvalue weighted by Crippen LogP contribution is -2.27. The van der Waals surface area contributed by atoms with Gasteiger partial charge in [-0.25, -0.2) is 9.36 Å². The molecular formula is C20H20N2O4. The van der Waals surface area contributed by atoms with E-state index < -0.39 is 16.6 Å². The molecule has 6 heteroatoms. The molecule has 1 aromatic heterocycles. The van der Waals surface area contributed by atoms with Crippen LogP contribution in [0.3, 0.4) is 0 Å². The molecule has 0 radical (unpaired) electrons. The number of aromatic nitrogens is 1. The minimum absolute atomic E-state index is 0.0585. The second kappa shape index (κ2) is 6.29. The molecule has 0 aliphatic heterocycles. The molecular weight excluding hydrogens is 332 g/mol. The van der Waals surface area contributed by atoms with E-state index in [1.807, 2.05) is 25.1 Å². The molecule has 0 unspecified atom stereocenters. The molecule has 0 saturated heterocycles. The molecule has 0 amide bonds. The molecule has 6 nitrogen and oxygen atoms in total. The number of fused-ring (bicyclic) bond motifs is 1. The molecule has 26 heavy (non-hydrogen) atoms. The first-order valence-electron chi connectivity index (χ1n) is 8.26. The number of nitrogens with zero attached hydrogens (tertiary/aromatic N) is 2. The molecule has 0 atom stereocenters. The summed E-state index contributed by atoms with van der Waals surface area (Å²) in [4.78, 5) is 23.9. The molecule has 3 aromatic rings. The van der Waals surface area contributed by atoms with Crippen molar-refractivity contribution in [3.8, 4) is 11.3 Å². The number of nitro benzene ring substituents is 1. The molecule has 0 fully saturated rings. The minimum atomic E-state index is -0.682. The Morgan fingerprint density at radius 3 is 2.46 bits per heavy atom. The number of carbonyl (C=O) groups excluding carboxylic acids is 1. The highest BCUT2D eigenvalue weighted by molar-refractivity contribution is 5.97. The van der Waals surface area contributed by atoms with Gasteiger partial charge in [0.1, 0.15) is 5.60 Å². The van der Waals surface area contributed by atoms with E-state index in [9.17, 15) is 14.9 Å². The number of rotatable bonds is 2. The van der Waals surface area contributed by atoms with Gasteiger partial charge in [0, 0.05) is 11.5 Å². The molecule has 0 aliphatic carbocycles. The highest BCUT2D eigenvalue weighted by atomic mass is 16.6. The van der Waals surface area contributed by atoms with Crippen molar-refractivity contribution in [3.63, 3.8) is 0 Å². The van der Waals surface area contributed by atoms with Crippen LogP contribution < -0.4 is 0 Å². The summed E-state index contributed by atoms with van der Waals surface area (Å²) in [6.45, 7) is 7.30. The molecule has 2 aromatic carbocycles. The Morgan fingerprint density at radius 1 is 1.12 bits per heavy atom. The SMILES string of the molecule is Cc1ccc2c(c1)cc(-c1ccccc1[N+](=O)[O-])n2C(=O)OC(C)(C)C. The Labute approximate surface area is 151 Å². The standard InChI is InChI=1S/C20H20N2O4/c1-13-9-10-16-14(11-13)12-18(21(16)19(23)26-20(2,3)4)15-7-5-6-8-17(15)22(24)25/h5-12H,1-4H3. The van der Waals surface area contributed by atoms with E-state index in [1.54, 1.807) is 45.0 Å². The van der Waals surface area contributed by atoms with Crippen LogP contribution in [-0.4, -0.2) is 21.2 Å². The van der Waals surface area contributed by atoms with Crippen LogP contribution in [0.15, 0.2) is 48.5 Å². The Morgan fingerprint density at radius 2 is 1.81 bits per heavy atom. The first-order valence-corrected chi connectivity index (χ1v) is 8.26. The first kappa shape index (κ1) is 17.7. The van der Waals surface area contributed by atoms with Gasteiger partial charge in [-0.2, -0.15) is 0 Å². The zero-order valence-electron chi connectivity index (χ0n) is 15.1. The van der Waals surface area contributed by atoms with Gasteiger partial charge in [0.25, 0.3) is 5.69 Å². The maximum Gasteiger partial charge on any atom is 0.419 e. The predicted molar refractivity (Wildman–Crippen MR) is 100 cm³/mol. The normalized spacial score (nSPS) is 11.5. The maximum absolute atomic E-state index is 12.9. The van der Waals surface area contributed by atoms with Crippen LogP contribution in [-0.2, 0) is 4.74 Å². The fourth-order valence-corrected chi connectivity index (χ4v) is 2.89. The third-order valence-electron chi connectivity index (χ3n) is 3.91. The summed E-state index contributed by atoms with van der Waals surface area (Å²) in [5, 5.41) is 12.3. The summed E-state index contributed by atoms with van der Waals surface area (Å²) < 4.78 is 6.94. The Bertz CT molecular complexity index is 1010. The van der Waals surface area contributed by atoms with Crippen molar-refractivity contribution < 1.29 is 14.5 Å². The number of ether oxygens (including phenoxy) is 1. The van der Waals surface area contributed by atoms with Crippen LogP contribution in [0.5, 0.6) is 0 Å². The summed E-state index contributed by atoms with van der Waals surface area (Å²) >= 11 is 0. The lowest BCUT2D eigenvalue weighted by atomic mass is 10.1. The van der Waals surface area contributed by atoms with Gasteiger partial charge in [0.05, 0.1) is 21.7 Å². The summed E-state index contributed by atoms with van der Waals surface area (Å²) in [7, 11) is 0. The van der Waals surface area contributed by atoms with E-state index in [2.05, 4.69) is 0 Å². The van der Waals surface area contributed by atoms with Gasteiger partial charge < -0.3 is 4.74 Å². The number of nitro groups is 1. The molecule has 0 bridgehead atoms. The molecule has 0 aliphatic rings. The second-order valence-electron chi connectivity index (χ2n) is 7.18. The van der Waals surface area contributed by atoms with Crippen molar-refractivity contribution in [1.29, 1.82) is 0 Å². The van der Waals surface area contributed by atoms with Gasteiger partial charge >= 0.3 is 6.09 Å². The topological polar surface area (TPSA) is 74.4 Å². The van der Waals surface area contributed by atoms with Gasteiger partial charge in [-0.1, -0.05) is 23.8 Å². The summed E-state index contributed by atoms with van der Waals surface area (Å²) in [5.74, 6) is 0. The zero-order valence-corrected chi connectivity index (χ0v) is 15.1. The number of para-hydroxylation sites is 1. The van der Waals surface area contributed by atoms with Crippen molar-refractivity contribution in [2.24, 2.45) is 0 Å². The van der Waals surface area contributed by atoms with Crippen LogP contribution in [0, 0.1) is 17.0 Å². The van der Waals surface area contributed by atoms with Gasteiger partial charge in [-0.3, -0.25) is 10.1 Å². The van der Waals surface area contributed by atoms with Crippen LogP contribution in [0.25, 0.3) is 22.2 Å². The Kier molecular flexibility index (Phi) is 4.28. The molecule has 3 rings (SSSR count). The molecule has 0 spiro atoms. The Balaban J connectivity index is 2.30. The fourth-order valence-electron chi connectivity index (χ4n) is 2.89. The first-order chi connectivity index (χ1) is 12.2. The number of aryl methyl sites for hydroxylation is 1. The van der Waals surface area contributed by atoms with Gasteiger partial charge in [0.2, 0.25) is 0 Å². The van der Waals surface area contributed by atoms with E-state index >= 15 is 0 Å². The highest BCUT2D eigenvalue weighted by Crippen LogP contribution is 2.35. The number of hydrogen-bond donors (Lipinski definition) is 0. The number of benzene rings is 2. The maximum atomic E-state index is 12.9. The second-order valence-corrected chi connectivity index (χ2v) is 7.18. The van der Waals surface area contributed by atoms with Gasteiger partial charge in [-0.15, -0.1) is 0 Å². The van der Waals surface area contributed by atoms with Crippen molar-refractivity contribution in [1.82, 2.24) is 4.57 Å². The lowest BCUT2D eigenvalue weighted by Gasteiger charge is -2.21. The van der Waals surface area contributed by atoms with E-state index in [4.69, 9.17) is 4.74 Å². The predicted octanol–water partition coefficient (Wildman–Crippen LogP) is 5.31.